The van der Waals surface area contributed by atoms with Gasteiger partial charge in [0.15, 0.2) is 0 Å². The van der Waals surface area contributed by atoms with Crippen molar-refractivity contribution in [2.24, 2.45) is 0 Å². The van der Waals surface area contributed by atoms with E-state index < -0.39 is 7.12 Å². The zero-order valence-electron chi connectivity index (χ0n) is 12.2. The molecule has 108 valence electrons. The van der Waals surface area contributed by atoms with Crippen molar-refractivity contribution in [2.75, 3.05) is 0 Å². The van der Waals surface area contributed by atoms with Gasteiger partial charge in [-0.05, 0) is 34.1 Å². The maximum atomic E-state index is 9.94. The van der Waals surface area contributed by atoms with Crippen LogP contribution in [0.1, 0.15) is 12.0 Å². The Labute approximate surface area is 130 Å². The average molecular weight is 288 g/mol. The summed E-state index contributed by atoms with van der Waals surface area (Å²) in [5.41, 5.74) is 4.35. The van der Waals surface area contributed by atoms with Gasteiger partial charge in [-0.25, -0.2) is 0 Å². The Balaban J connectivity index is 2.18. The molecule has 22 heavy (non-hydrogen) atoms. The van der Waals surface area contributed by atoms with Crippen LogP contribution in [0, 0.1) is 0 Å². The van der Waals surface area contributed by atoms with Gasteiger partial charge in [-0.1, -0.05) is 78.9 Å². The van der Waals surface area contributed by atoms with Gasteiger partial charge in [-0.2, -0.15) is 0 Å². The molecule has 2 aromatic carbocycles. The van der Waals surface area contributed by atoms with Gasteiger partial charge in [0.1, 0.15) is 0 Å². The topological polar surface area (TPSA) is 40.5 Å². The monoisotopic (exact) mass is 288 g/mol. The first-order valence-corrected chi connectivity index (χ1v) is 7.34. The molecule has 0 amide bonds. The van der Waals surface area contributed by atoms with Crippen LogP contribution in [0.15, 0.2) is 78.9 Å². The molecule has 2 N–H and O–H groups in total. The summed E-state index contributed by atoms with van der Waals surface area (Å²) in [6.07, 6.45) is 10.8. The fourth-order valence-electron chi connectivity index (χ4n) is 2.77. The van der Waals surface area contributed by atoms with Crippen LogP contribution < -0.4 is 5.46 Å². The molecule has 2 aromatic rings. The number of hydrogen-bond acceptors (Lipinski definition) is 2. The minimum absolute atomic E-state index is 0.559. The van der Waals surface area contributed by atoms with Crippen molar-refractivity contribution in [3.8, 4) is 11.1 Å². The van der Waals surface area contributed by atoms with E-state index in [1.165, 1.54) is 0 Å². The maximum Gasteiger partial charge on any atom is 0.489 e. The van der Waals surface area contributed by atoms with E-state index in [1.54, 1.807) is 0 Å². The number of benzene rings is 2. The highest BCUT2D eigenvalue weighted by Crippen LogP contribution is 2.25. The Morgan fingerprint density at radius 3 is 2.32 bits per heavy atom. The van der Waals surface area contributed by atoms with Gasteiger partial charge < -0.3 is 10.0 Å². The highest BCUT2D eigenvalue weighted by Gasteiger charge is 2.22. The predicted molar refractivity (Wildman–Crippen MR) is 92.6 cm³/mol. The van der Waals surface area contributed by atoms with Gasteiger partial charge in [0, 0.05) is 0 Å². The van der Waals surface area contributed by atoms with E-state index in [0.717, 1.165) is 28.7 Å². The first-order chi connectivity index (χ1) is 10.8. The smallest absolute Gasteiger partial charge is 0.423 e. The molecule has 0 saturated heterocycles. The molecule has 1 aliphatic carbocycles. The van der Waals surface area contributed by atoms with Crippen molar-refractivity contribution < 1.29 is 10.0 Å². The zero-order valence-corrected chi connectivity index (χ0v) is 12.2. The quantitative estimate of drug-likeness (QED) is 0.853. The molecule has 0 aliphatic heterocycles. The van der Waals surface area contributed by atoms with Gasteiger partial charge >= 0.3 is 7.12 Å². The van der Waals surface area contributed by atoms with E-state index in [2.05, 4.69) is 6.08 Å². The molecule has 0 bridgehead atoms. The van der Waals surface area contributed by atoms with Crippen molar-refractivity contribution >= 4 is 18.2 Å². The molecule has 0 spiro atoms. The summed E-state index contributed by atoms with van der Waals surface area (Å²) in [7, 11) is -1.51. The minimum atomic E-state index is -1.51. The van der Waals surface area contributed by atoms with Gasteiger partial charge in [0.25, 0.3) is 0 Å². The maximum absolute atomic E-state index is 9.94. The lowest BCUT2D eigenvalue weighted by atomic mass is 9.70. The van der Waals surface area contributed by atoms with Gasteiger partial charge in [0.05, 0.1) is 0 Å². The second kappa shape index (κ2) is 6.61. The Bertz CT molecular complexity index is 743. The standard InChI is InChI=1S/C19H17BO2/c21-20(22)19-17(15-9-4-1-2-5-10-15)13-8-14-18(19)16-11-6-3-7-12-16/h1-9,11-14,21-22H,10H2. The van der Waals surface area contributed by atoms with Crippen LogP contribution in [0.2, 0.25) is 0 Å². The Hall–Kier alpha value is -2.36. The van der Waals surface area contributed by atoms with E-state index in [-0.39, 0.29) is 0 Å². The average Bonchev–Trinajstić information content (AvgIpc) is 2.84. The van der Waals surface area contributed by atoms with Crippen molar-refractivity contribution in [2.45, 2.75) is 6.42 Å². The SMILES string of the molecule is OB(O)c1c(C2=CC=CC=CC2)cccc1-c1ccccc1. The summed E-state index contributed by atoms with van der Waals surface area (Å²) in [6, 6.07) is 15.6. The molecule has 0 saturated carbocycles. The number of rotatable bonds is 3. The first kappa shape index (κ1) is 14.6. The lowest BCUT2D eigenvalue weighted by Gasteiger charge is -2.16. The molecule has 3 heteroatoms. The van der Waals surface area contributed by atoms with E-state index in [0.29, 0.717) is 5.46 Å². The van der Waals surface area contributed by atoms with Gasteiger partial charge in [-0.15, -0.1) is 0 Å². The minimum Gasteiger partial charge on any atom is -0.423 e. The summed E-state index contributed by atoms with van der Waals surface area (Å²) in [4.78, 5) is 0. The molecule has 2 nitrogen and oxygen atoms in total. The Kier molecular flexibility index (Phi) is 4.38. The van der Waals surface area contributed by atoms with Gasteiger partial charge in [-0.3, -0.25) is 0 Å². The number of allylic oxidation sites excluding steroid dienone is 6. The second-order valence-corrected chi connectivity index (χ2v) is 5.22. The van der Waals surface area contributed by atoms with Gasteiger partial charge in [0.2, 0.25) is 0 Å². The molecule has 1 aliphatic rings. The lowest BCUT2D eigenvalue weighted by Crippen LogP contribution is -2.34. The molecule has 0 aromatic heterocycles. The van der Waals surface area contributed by atoms with Crippen LogP contribution in [-0.2, 0) is 0 Å². The van der Waals surface area contributed by atoms with E-state index in [4.69, 9.17) is 0 Å². The van der Waals surface area contributed by atoms with Crippen LogP contribution >= 0.6 is 0 Å². The third kappa shape index (κ3) is 2.96. The zero-order chi connectivity index (χ0) is 15.4. The lowest BCUT2D eigenvalue weighted by molar-refractivity contribution is 0.426. The fourth-order valence-corrected chi connectivity index (χ4v) is 2.77. The van der Waals surface area contributed by atoms with Crippen LogP contribution in [0.25, 0.3) is 16.7 Å². The fraction of sp³-hybridized carbons (Fsp3) is 0.0526. The van der Waals surface area contributed by atoms with E-state index in [1.807, 2.05) is 72.8 Å². The molecule has 0 radical (unpaired) electrons. The molecule has 3 rings (SSSR count). The molecular formula is C19H17BO2. The van der Waals surface area contributed by atoms with Crippen molar-refractivity contribution in [3.63, 3.8) is 0 Å². The summed E-state index contributed by atoms with van der Waals surface area (Å²) in [5.74, 6) is 0. The van der Waals surface area contributed by atoms with E-state index >= 15 is 0 Å². The van der Waals surface area contributed by atoms with Crippen molar-refractivity contribution in [1.82, 2.24) is 0 Å². The summed E-state index contributed by atoms with van der Waals surface area (Å²) >= 11 is 0. The molecule has 0 atom stereocenters. The highest BCUT2D eigenvalue weighted by atomic mass is 16.4. The van der Waals surface area contributed by atoms with E-state index in [9.17, 15) is 10.0 Å². The Morgan fingerprint density at radius 1 is 0.773 bits per heavy atom. The largest absolute Gasteiger partial charge is 0.489 e. The summed E-state index contributed by atoms with van der Waals surface area (Å²) in [5, 5.41) is 19.9. The second-order valence-electron chi connectivity index (χ2n) is 5.22. The van der Waals surface area contributed by atoms with Crippen LogP contribution in [0.4, 0.5) is 0 Å². The molecule has 0 heterocycles. The molecular weight excluding hydrogens is 271 g/mol. The van der Waals surface area contributed by atoms with Crippen LogP contribution in [0.3, 0.4) is 0 Å². The third-order valence-electron chi connectivity index (χ3n) is 3.79. The van der Waals surface area contributed by atoms with Crippen LogP contribution in [-0.4, -0.2) is 17.2 Å². The number of hydrogen-bond donors (Lipinski definition) is 2. The third-order valence-corrected chi connectivity index (χ3v) is 3.79. The summed E-state index contributed by atoms with van der Waals surface area (Å²) in [6.45, 7) is 0. The highest BCUT2D eigenvalue weighted by molar-refractivity contribution is 6.61. The first-order valence-electron chi connectivity index (χ1n) is 7.34. The summed E-state index contributed by atoms with van der Waals surface area (Å²) < 4.78 is 0. The predicted octanol–water partition coefficient (Wildman–Crippen LogP) is 2.93. The van der Waals surface area contributed by atoms with Crippen molar-refractivity contribution in [3.05, 3.63) is 84.5 Å². The van der Waals surface area contributed by atoms with Crippen LogP contribution in [0.5, 0.6) is 0 Å². The Morgan fingerprint density at radius 2 is 1.55 bits per heavy atom. The normalized spacial score (nSPS) is 13.6. The molecule has 0 fully saturated rings. The van der Waals surface area contributed by atoms with Crippen molar-refractivity contribution in [1.29, 1.82) is 0 Å². The molecule has 0 unspecified atom stereocenters.